The van der Waals surface area contributed by atoms with Crippen molar-refractivity contribution in [2.24, 2.45) is 0 Å². The van der Waals surface area contributed by atoms with Crippen molar-refractivity contribution < 1.29 is 18.3 Å². The summed E-state index contributed by atoms with van der Waals surface area (Å²) in [5.74, 6) is -0.0394. The van der Waals surface area contributed by atoms with Gasteiger partial charge in [0.2, 0.25) is 0 Å². The quantitative estimate of drug-likeness (QED) is 0.307. The molecule has 35 heavy (non-hydrogen) atoms. The van der Waals surface area contributed by atoms with Crippen LogP contribution in [0.2, 0.25) is 5.02 Å². The first-order chi connectivity index (χ1) is 16.7. The maximum absolute atomic E-state index is 13.4. The van der Waals surface area contributed by atoms with Gasteiger partial charge in [0.1, 0.15) is 11.8 Å². The zero-order chi connectivity index (χ0) is 24.7. The van der Waals surface area contributed by atoms with Crippen LogP contribution in [0.25, 0.3) is 5.69 Å². The van der Waals surface area contributed by atoms with Crippen molar-refractivity contribution in [1.82, 2.24) is 14.9 Å². The molecule has 10 heteroatoms. The number of rotatable bonds is 4. The number of benzene rings is 2. The third kappa shape index (κ3) is 4.33. The van der Waals surface area contributed by atoms with E-state index in [1.165, 1.54) is 12.1 Å². The van der Waals surface area contributed by atoms with Gasteiger partial charge < -0.3 is 19.9 Å². The predicted molar refractivity (Wildman–Crippen MR) is 132 cm³/mol. The molecule has 5 rings (SSSR count). The third-order valence-corrected chi connectivity index (χ3v) is 6.38. The Kier molecular flexibility index (Phi) is 5.90. The van der Waals surface area contributed by atoms with Gasteiger partial charge in [-0.15, -0.1) is 0 Å². The Morgan fingerprint density at radius 3 is 2.57 bits per heavy atom. The summed E-state index contributed by atoms with van der Waals surface area (Å²) in [6.45, 7) is 0. The molecular formula is C25H18ClF3N4OS. The molecule has 2 atom stereocenters. The highest BCUT2D eigenvalue weighted by Crippen LogP contribution is 2.45. The maximum atomic E-state index is 13.4. The smallest absolute Gasteiger partial charge is 0.416 e. The van der Waals surface area contributed by atoms with Crippen LogP contribution >= 0.6 is 23.8 Å². The summed E-state index contributed by atoms with van der Waals surface area (Å²) in [5, 5.41) is 14.6. The lowest BCUT2D eigenvalue weighted by atomic mass is 10.0. The Morgan fingerprint density at radius 2 is 1.83 bits per heavy atom. The van der Waals surface area contributed by atoms with E-state index in [2.05, 4.69) is 10.3 Å². The second-order valence-electron chi connectivity index (χ2n) is 7.98. The Hall–Kier alpha value is -3.56. The molecule has 1 fully saturated rings. The van der Waals surface area contributed by atoms with Gasteiger partial charge in [-0.2, -0.15) is 13.2 Å². The summed E-state index contributed by atoms with van der Waals surface area (Å²) in [5.41, 5.74) is 1.29. The number of phenolic OH excluding ortho intramolecular Hbond substituents is 1. The molecule has 2 aromatic carbocycles. The summed E-state index contributed by atoms with van der Waals surface area (Å²) in [6, 6.07) is 17.7. The van der Waals surface area contributed by atoms with Crippen LogP contribution in [0.1, 0.15) is 29.0 Å². The van der Waals surface area contributed by atoms with Gasteiger partial charge in [-0.05, 0) is 72.9 Å². The molecule has 5 nitrogen and oxygen atoms in total. The fourth-order valence-corrected chi connectivity index (χ4v) is 4.81. The molecule has 0 spiro atoms. The molecule has 3 heterocycles. The van der Waals surface area contributed by atoms with Gasteiger partial charge in [0.15, 0.2) is 5.11 Å². The topological polar surface area (TPSA) is 53.3 Å². The zero-order valence-electron chi connectivity index (χ0n) is 17.9. The fourth-order valence-electron chi connectivity index (χ4n) is 4.31. The van der Waals surface area contributed by atoms with E-state index in [1.54, 1.807) is 52.2 Å². The molecule has 178 valence electrons. The number of halogens is 4. The van der Waals surface area contributed by atoms with Crippen LogP contribution in [0.3, 0.4) is 0 Å². The van der Waals surface area contributed by atoms with Crippen molar-refractivity contribution in [2.45, 2.75) is 18.3 Å². The Balaban J connectivity index is 1.69. The molecule has 2 aromatic heterocycles. The van der Waals surface area contributed by atoms with Gasteiger partial charge in [0.25, 0.3) is 0 Å². The number of thiocarbonyl (C=S) groups is 1. The van der Waals surface area contributed by atoms with Gasteiger partial charge in [0, 0.05) is 28.8 Å². The highest BCUT2D eigenvalue weighted by molar-refractivity contribution is 7.80. The first kappa shape index (κ1) is 23.2. The summed E-state index contributed by atoms with van der Waals surface area (Å²) < 4.78 is 41.9. The SMILES string of the molecule is Oc1ccc(Cl)cc1N1C(=S)N[C@@H](c2ccccn2)[C@H]1c1cccn1-c1cccc(C(F)(F)F)c1. The van der Waals surface area contributed by atoms with E-state index >= 15 is 0 Å². The zero-order valence-corrected chi connectivity index (χ0v) is 19.5. The van der Waals surface area contributed by atoms with Crippen LogP contribution in [0.5, 0.6) is 5.75 Å². The molecule has 0 unspecified atom stereocenters. The molecule has 1 aliphatic heterocycles. The van der Waals surface area contributed by atoms with Crippen LogP contribution in [0.15, 0.2) is 85.2 Å². The average molecular weight is 515 g/mol. The lowest BCUT2D eigenvalue weighted by molar-refractivity contribution is -0.137. The van der Waals surface area contributed by atoms with Gasteiger partial charge in [-0.25, -0.2) is 0 Å². The largest absolute Gasteiger partial charge is 0.506 e. The first-order valence-corrected chi connectivity index (χ1v) is 11.4. The van der Waals surface area contributed by atoms with Crippen molar-refractivity contribution >= 4 is 34.6 Å². The number of aromatic nitrogens is 2. The number of aromatic hydroxyl groups is 1. The summed E-state index contributed by atoms with van der Waals surface area (Å²) in [6.07, 6.45) is -1.13. The highest BCUT2D eigenvalue weighted by atomic mass is 35.5. The summed E-state index contributed by atoms with van der Waals surface area (Å²) in [4.78, 5) is 6.19. The molecule has 0 amide bonds. The minimum Gasteiger partial charge on any atom is -0.506 e. The van der Waals surface area contributed by atoms with Crippen LogP contribution in [0.4, 0.5) is 18.9 Å². The number of anilines is 1. The van der Waals surface area contributed by atoms with Crippen molar-refractivity contribution in [3.63, 3.8) is 0 Å². The van der Waals surface area contributed by atoms with E-state index in [-0.39, 0.29) is 5.75 Å². The van der Waals surface area contributed by atoms with Gasteiger partial charge >= 0.3 is 6.18 Å². The molecule has 4 aromatic rings. The minimum atomic E-state index is -4.48. The predicted octanol–water partition coefficient (Wildman–Crippen LogP) is 6.43. The number of pyridine rings is 1. The average Bonchev–Trinajstić information content (AvgIpc) is 3.45. The van der Waals surface area contributed by atoms with E-state index in [0.29, 0.717) is 32.9 Å². The van der Waals surface area contributed by atoms with E-state index in [1.807, 2.05) is 18.2 Å². The highest BCUT2D eigenvalue weighted by Gasteiger charge is 2.43. The molecule has 0 bridgehead atoms. The van der Waals surface area contributed by atoms with Crippen molar-refractivity contribution in [1.29, 1.82) is 0 Å². The lowest BCUT2D eigenvalue weighted by Gasteiger charge is -2.29. The Bertz CT molecular complexity index is 1390. The van der Waals surface area contributed by atoms with Crippen molar-refractivity contribution in [3.8, 4) is 11.4 Å². The molecule has 2 N–H and O–H groups in total. The Morgan fingerprint density at radius 1 is 1.00 bits per heavy atom. The number of hydrogen-bond donors (Lipinski definition) is 2. The number of nitrogens with one attached hydrogen (secondary N) is 1. The molecule has 1 saturated heterocycles. The maximum Gasteiger partial charge on any atom is 0.416 e. The van der Waals surface area contributed by atoms with E-state index in [9.17, 15) is 18.3 Å². The third-order valence-electron chi connectivity index (χ3n) is 5.83. The minimum absolute atomic E-state index is 0.0394. The van der Waals surface area contributed by atoms with Crippen molar-refractivity contribution in [2.75, 3.05) is 4.90 Å². The van der Waals surface area contributed by atoms with E-state index in [0.717, 1.165) is 12.1 Å². The number of phenols is 1. The van der Waals surface area contributed by atoms with E-state index in [4.69, 9.17) is 23.8 Å². The first-order valence-electron chi connectivity index (χ1n) is 10.6. The second kappa shape index (κ2) is 8.90. The van der Waals surface area contributed by atoms with Crippen LogP contribution in [-0.2, 0) is 6.18 Å². The van der Waals surface area contributed by atoms with Crippen LogP contribution in [0, 0.1) is 0 Å². The fraction of sp³-hybridized carbons (Fsp3) is 0.120. The normalized spacial score (nSPS) is 18.1. The summed E-state index contributed by atoms with van der Waals surface area (Å²) in [7, 11) is 0. The van der Waals surface area contributed by atoms with Crippen LogP contribution < -0.4 is 10.2 Å². The monoisotopic (exact) mass is 514 g/mol. The number of nitrogens with zero attached hydrogens (tertiary/aromatic N) is 3. The molecule has 0 aliphatic carbocycles. The molecule has 1 aliphatic rings. The van der Waals surface area contributed by atoms with Gasteiger partial charge in [-0.3, -0.25) is 4.98 Å². The standard InChI is InChI=1S/C25H18ClF3N4OS/c26-16-9-10-21(34)20(14-16)33-23(22(31-24(33)35)18-7-1-2-11-30-18)19-8-4-12-32(19)17-6-3-5-15(13-17)25(27,28)29/h1-14,22-23,34H,(H,31,35)/t22-,23+/m0/s1. The second-order valence-corrected chi connectivity index (χ2v) is 8.80. The van der Waals surface area contributed by atoms with Gasteiger partial charge in [-0.1, -0.05) is 23.7 Å². The number of alkyl halides is 3. The summed E-state index contributed by atoms with van der Waals surface area (Å²) >= 11 is 11.9. The van der Waals surface area contributed by atoms with Crippen LogP contribution in [-0.4, -0.2) is 19.8 Å². The van der Waals surface area contributed by atoms with Gasteiger partial charge in [0.05, 0.1) is 23.0 Å². The van der Waals surface area contributed by atoms with E-state index < -0.39 is 23.8 Å². The molecular weight excluding hydrogens is 497 g/mol. The Labute approximate surface area is 209 Å². The number of hydrogen-bond acceptors (Lipinski definition) is 3. The lowest BCUT2D eigenvalue weighted by Crippen LogP contribution is -2.30. The van der Waals surface area contributed by atoms with Crippen molar-refractivity contribution in [3.05, 3.63) is 107 Å². The molecule has 0 radical (unpaired) electrons. The molecule has 0 saturated carbocycles.